The first-order valence-electron chi connectivity index (χ1n) is 11.0. The van der Waals surface area contributed by atoms with E-state index >= 15 is 0 Å². The van der Waals surface area contributed by atoms with Gasteiger partial charge >= 0.3 is 0 Å². The summed E-state index contributed by atoms with van der Waals surface area (Å²) >= 11 is 0. The summed E-state index contributed by atoms with van der Waals surface area (Å²) in [6.45, 7) is 8.44. The van der Waals surface area contributed by atoms with Gasteiger partial charge in [-0.25, -0.2) is 0 Å². The Hall–Kier alpha value is -1.06. The van der Waals surface area contributed by atoms with Gasteiger partial charge in [0.1, 0.15) is 11.6 Å². The summed E-state index contributed by atoms with van der Waals surface area (Å²) < 4.78 is 13.5. The van der Waals surface area contributed by atoms with Crippen LogP contribution in [0.4, 0.5) is 0 Å². The zero-order valence-corrected chi connectivity index (χ0v) is 17.0. The van der Waals surface area contributed by atoms with Crippen LogP contribution in [0.15, 0.2) is 0 Å². The van der Waals surface area contributed by atoms with E-state index in [0.29, 0.717) is 19.8 Å². The van der Waals surface area contributed by atoms with Crippen LogP contribution in [0.1, 0.15) is 43.8 Å². The number of rotatable bonds is 8. The lowest BCUT2D eigenvalue weighted by molar-refractivity contribution is -0.0288. The van der Waals surface area contributed by atoms with Crippen molar-refractivity contribution in [3.63, 3.8) is 0 Å². The molecule has 0 radical (unpaired) electrons. The molecule has 0 aromatic carbocycles. The molecule has 0 amide bonds. The van der Waals surface area contributed by atoms with Gasteiger partial charge in [-0.1, -0.05) is 6.42 Å². The van der Waals surface area contributed by atoms with Crippen molar-refractivity contribution in [2.24, 2.45) is 0 Å². The fraction of sp³-hybridized carbons (Fsp3) is 0.900. The molecule has 1 aromatic rings. The molecule has 0 saturated carbocycles. The fourth-order valence-electron chi connectivity index (χ4n) is 4.45. The molecule has 1 N–H and O–H groups in total. The zero-order chi connectivity index (χ0) is 19.2. The molecule has 2 saturated heterocycles. The van der Waals surface area contributed by atoms with Crippen LogP contribution in [0.5, 0.6) is 0 Å². The third-order valence-corrected chi connectivity index (χ3v) is 6.12. The van der Waals surface area contributed by atoms with Crippen molar-refractivity contribution < 1.29 is 14.6 Å². The van der Waals surface area contributed by atoms with Gasteiger partial charge in [-0.15, -0.1) is 10.2 Å². The number of nitrogens with zero attached hydrogens (tertiary/aromatic N) is 5. The Kier molecular flexibility index (Phi) is 7.31. The monoisotopic (exact) mass is 393 g/mol. The first kappa shape index (κ1) is 20.2. The highest BCUT2D eigenvalue weighted by Crippen LogP contribution is 2.16. The normalized spacial score (nSPS) is 25.5. The fourth-order valence-corrected chi connectivity index (χ4v) is 4.45. The molecule has 158 valence electrons. The minimum absolute atomic E-state index is 0.225. The van der Waals surface area contributed by atoms with E-state index in [1.807, 2.05) is 0 Å². The molecule has 28 heavy (non-hydrogen) atoms. The molecule has 2 fully saturated rings. The third-order valence-electron chi connectivity index (χ3n) is 6.12. The van der Waals surface area contributed by atoms with Crippen molar-refractivity contribution in [1.82, 2.24) is 24.6 Å². The van der Waals surface area contributed by atoms with Gasteiger partial charge in [0.05, 0.1) is 32.0 Å². The largest absolute Gasteiger partial charge is 0.389 e. The van der Waals surface area contributed by atoms with Gasteiger partial charge in [-0.2, -0.15) is 0 Å². The average molecular weight is 394 g/mol. The van der Waals surface area contributed by atoms with Gasteiger partial charge in [0.2, 0.25) is 0 Å². The minimum atomic E-state index is -0.430. The van der Waals surface area contributed by atoms with Gasteiger partial charge in [-0.3, -0.25) is 9.80 Å². The molecule has 4 heterocycles. The maximum atomic E-state index is 10.3. The minimum Gasteiger partial charge on any atom is -0.389 e. The summed E-state index contributed by atoms with van der Waals surface area (Å²) in [6, 6.07) is 0. The predicted molar refractivity (Wildman–Crippen MR) is 105 cm³/mol. The summed E-state index contributed by atoms with van der Waals surface area (Å²) in [7, 11) is 0. The third kappa shape index (κ3) is 5.51. The van der Waals surface area contributed by atoms with Crippen LogP contribution in [-0.2, 0) is 29.0 Å². The van der Waals surface area contributed by atoms with Gasteiger partial charge in [0, 0.05) is 52.3 Å². The highest BCUT2D eigenvalue weighted by atomic mass is 16.5. The number of β-amino-alcohol motifs (C(OH)–C–C–N with tert-alkyl or cyclic N) is 1. The van der Waals surface area contributed by atoms with Crippen molar-refractivity contribution in [1.29, 1.82) is 0 Å². The summed E-state index contributed by atoms with van der Waals surface area (Å²) in [5, 5.41) is 19.1. The number of aryl methyl sites for hydroxylation is 1. The van der Waals surface area contributed by atoms with Crippen LogP contribution >= 0.6 is 0 Å². The van der Waals surface area contributed by atoms with Crippen LogP contribution in [0.25, 0.3) is 0 Å². The summed E-state index contributed by atoms with van der Waals surface area (Å²) in [5.41, 5.74) is 0. The molecule has 0 spiro atoms. The lowest BCUT2D eigenvalue weighted by Crippen LogP contribution is -2.49. The molecule has 2 atom stereocenters. The Labute approximate surface area is 167 Å². The van der Waals surface area contributed by atoms with Crippen molar-refractivity contribution >= 4 is 0 Å². The highest BCUT2D eigenvalue weighted by Gasteiger charge is 2.23. The SMILES string of the molecule is OC(COCC1CCCO1)CN1CCN(Cc2nnc3n2CCCCC3)CC1. The molecular weight excluding hydrogens is 358 g/mol. The van der Waals surface area contributed by atoms with Crippen LogP contribution in [0, 0.1) is 0 Å². The van der Waals surface area contributed by atoms with E-state index in [2.05, 4.69) is 24.6 Å². The average Bonchev–Trinajstić information content (AvgIpc) is 3.28. The Balaban J connectivity index is 1.15. The van der Waals surface area contributed by atoms with Crippen LogP contribution in [0.3, 0.4) is 0 Å². The summed E-state index contributed by atoms with van der Waals surface area (Å²) in [5.74, 6) is 2.28. The number of aromatic nitrogens is 3. The van der Waals surface area contributed by atoms with E-state index in [-0.39, 0.29) is 6.10 Å². The van der Waals surface area contributed by atoms with Crippen molar-refractivity contribution in [2.75, 3.05) is 52.5 Å². The van der Waals surface area contributed by atoms with E-state index in [1.54, 1.807) is 0 Å². The molecule has 8 nitrogen and oxygen atoms in total. The molecule has 0 aliphatic carbocycles. The maximum absolute atomic E-state index is 10.3. The second-order valence-corrected chi connectivity index (χ2v) is 8.40. The van der Waals surface area contributed by atoms with Gasteiger partial charge in [-0.05, 0) is 25.7 Å². The van der Waals surface area contributed by atoms with Crippen molar-refractivity contribution in [3.05, 3.63) is 11.6 Å². The van der Waals surface area contributed by atoms with E-state index < -0.39 is 6.10 Å². The van der Waals surface area contributed by atoms with Crippen molar-refractivity contribution in [3.8, 4) is 0 Å². The smallest absolute Gasteiger partial charge is 0.147 e. The number of hydrogen-bond donors (Lipinski definition) is 1. The predicted octanol–water partition coefficient (Wildman–Crippen LogP) is 0.679. The highest BCUT2D eigenvalue weighted by molar-refractivity contribution is 4.98. The Morgan fingerprint density at radius 1 is 1.04 bits per heavy atom. The Bertz CT molecular complexity index is 597. The number of ether oxygens (including phenoxy) is 2. The topological polar surface area (TPSA) is 75.9 Å². The van der Waals surface area contributed by atoms with E-state index in [1.165, 1.54) is 19.3 Å². The van der Waals surface area contributed by atoms with Crippen molar-refractivity contribution in [2.45, 2.75) is 63.8 Å². The molecule has 0 bridgehead atoms. The number of hydrogen-bond acceptors (Lipinski definition) is 7. The lowest BCUT2D eigenvalue weighted by atomic mass is 10.2. The lowest BCUT2D eigenvalue weighted by Gasteiger charge is -2.35. The summed E-state index contributed by atoms with van der Waals surface area (Å²) in [6.07, 6.45) is 6.82. The van der Waals surface area contributed by atoms with Crippen LogP contribution in [-0.4, -0.2) is 94.4 Å². The standard InChI is InChI=1S/C20H35N5O3/c26-17(15-27-16-18-5-4-12-28-18)13-23-8-10-24(11-9-23)14-20-22-21-19-6-2-1-3-7-25(19)20/h17-18,26H,1-16H2. The second-order valence-electron chi connectivity index (χ2n) is 8.40. The molecule has 3 aliphatic heterocycles. The first-order valence-corrected chi connectivity index (χ1v) is 11.0. The van der Waals surface area contributed by atoms with Crippen LogP contribution < -0.4 is 0 Å². The first-order chi connectivity index (χ1) is 13.8. The Morgan fingerprint density at radius 3 is 2.71 bits per heavy atom. The number of fused-ring (bicyclic) bond motifs is 1. The van der Waals surface area contributed by atoms with Gasteiger partial charge < -0.3 is 19.1 Å². The molecular formula is C20H35N5O3. The van der Waals surface area contributed by atoms with E-state index in [4.69, 9.17) is 9.47 Å². The zero-order valence-electron chi connectivity index (χ0n) is 17.0. The number of piperazine rings is 1. The summed E-state index contributed by atoms with van der Waals surface area (Å²) in [4.78, 5) is 4.79. The second kappa shape index (κ2) is 10.1. The molecule has 1 aromatic heterocycles. The Morgan fingerprint density at radius 2 is 1.89 bits per heavy atom. The van der Waals surface area contributed by atoms with E-state index in [9.17, 15) is 5.11 Å². The van der Waals surface area contributed by atoms with Gasteiger partial charge in [0.25, 0.3) is 0 Å². The number of aliphatic hydroxyl groups is 1. The molecule has 3 aliphatic rings. The number of aliphatic hydroxyl groups excluding tert-OH is 1. The quantitative estimate of drug-likeness (QED) is 0.696. The molecule has 2 unspecified atom stereocenters. The van der Waals surface area contributed by atoms with Gasteiger partial charge in [0.15, 0.2) is 0 Å². The van der Waals surface area contributed by atoms with E-state index in [0.717, 1.165) is 76.8 Å². The maximum Gasteiger partial charge on any atom is 0.147 e. The molecule has 4 rings (SSSR count). The molecule has 8 heteroatoms. The van der Waals surface area contributed by atoms with Crippen LogP contribution in [0.2, 0.25) is 0 Å².